The van der Waals surface area contributed by atoms with Crippen molar-refractivity contribution in [3.8, 4) is 0 Å². The van der Waals surface area contributed by atoms with Gasteiger partial charge < -0.3 is 16.4 Å². The molecular formula is C11H19N5O2. The number of aromatic nitrogens is 2. The number of nitrogens with two attached hydrogens (primary N) is 1. The predicted molar refractivity (Wildman–Crippen MR) is 67.9 cm³/mol. The highest BCUT2D eigenvalue weighted by atomic mass is 16.2. The Balaban J connectivity index is 2.50. The summed E-state index contributed by atoms with van der Waals surface area (Å²) >= 11 is 0. The summed E-state index contributed by atoms with van der Waals surface area (Å²) in [5.74, 6) is -0.397. The summed E-state index contributed by atoms with van der Waals surface area (Å²) < 4.78 is 1.52. The van der Waals surface area contributed by atoms with Gasteiger partial charge in [0, 0.05) is 26.1 Å². The lowest BCUT2D eigenvalue weighted by Crippen LogP contribution is -2.32. The second-order valence-corrected chi connectivity index (χ2v) is 3.72. The van der Waals surface area contributed by atoms with Gasteiger partial charge in [0.15, 0.2) is 0 Å². The number of amides is 2. The third-order valence-corrected chi connectivity index (χ3v) is 2.39. The maximum absolute atomic E-state index is 11.9. The van der Waals surface area contributed by atoms with Crippen molar-refractivity contribution < 1.29 is 9.59 Å². The molecule has 0 radical (unpaired) electrons. The van der Waals surface area contributed by atoms with Crippen LogP contribution in [0.25, 0.3) is 0 Å². The molecule has 0 fully saturated rings. The standard InChI is InChI=1S/C11H19N5O2/c1-3-13-9(17)5-6-14-11(18)10-8(12)7-15-16(10)4-2/h7H,3-6,12H2,1-2H3,(H,13,17)(H,14,18). The molecular weight excluding hydrogens is 234 g/mol. The molecule has 0 aliphatic carbocycles. The van der Waals surface area contributed by atoms with Gasteiger partial charge in [-0.1, -0.05) is 0 Å². The molecule has 100 valence electrons. The molecule has 7 nitrogen and oxygen atoms in total. The van der Waals surface area contributed by atoms with Crippen LogP contribution in [0.4, 0.5) is 5.69 Å². The lowest BCUT2D eigenvalue weighted by molar-refractivity contribution is -0.120. The number of rotatable bonds is 6. The number of aryl methyl sites for hydroxylation is 1. The Morgan fingerprint density at radius 1 is 1.39 bits per heavy atom. The minimum absolute atomic E-state index is 0.0882. The van der Waals surface area contributed by atoms with Gasteiger partial charge in [-0.25, -0.2) is 0 Å². The van der Waals surface area contributed by atoms with Gasteiger partial charge in [0.1, 0.15) is 5.69 Å². The fourth-order valence-electron chi connectivity index (χ4n) is 1.55. The molecule has 0 saturated carbocycles. The van der Waals surface area contributed by atoms with E-state index in [2.05, 4.69) is 15.7 Å². The first-order valence-electron chi connectivity index (χ1n) is 5.96. The number of hydrogen-bond acceptors (Lipinski definition) is 4. The van der Waals surface area contributed by atoms with E-state index in [0.29, 0.717) is 24.5 Å². The molecule has 0 unspecified atom stereocenters. The molecule has 18 heavy (non-hydrogen) atoms. The molecule has 0 aromatic carbocycles. The zero-order valence-corrected chi connectivity index (χ0v) is 10.7. The maximum atomic E-state index is 11.9. The van der Waals surface area contributed by atoms with Crippen LogP contribution in [0, 0.1) is 0 Å². The highest BCUT2D eigenvalue weighted by molar-refractivity contribution is 5.97. The van der Waals surface area contributed by atoms with Crippen molar-refractivity contribution in [2.75, 3.05) is 18.8 Å². The topological polar surface area (TPSA) is 102 Å². The number of nitrogen functional groups attached to an aromatic ring is 1. The highest BCUT2D eigenvalue weighted by Crippen LogP contribution is 2.10. The average molecular weight is 253 g/mol. The van der Waals surface area contributed by atoms with Crippen molar-refractivity contribution in [3.63, 3.8) is 0 Å². The summed E-state index contributed by atoms with van der Waals surface area (Å²) in [6.07, 6.45) is 1.70. The molecule has 0 aliphatic heterocycles. The first kappa shape index (κ1) is 14.0. The van der Waals surface area contributed by atoms with Gasteiger partial charge in [-0.3, -0.25) is 14.3 Å². The van der Waals surface area contributed by atoms with E-state index in [1.807, 2.05) is 13.8 Å². The number of nitrogens with one attached hydrogen (secondary N) is 2. The number of nitrogens with zero attached hydrogens (tertiary/aromatic N) is 2. The number of anilines is 1. The van der Waals surface area contributed by atoms with Crippen molar-refractivity contribution in [1.29, 1.82) is 0 Å². The number of hydrogen-bond donors (Lipinski definition) is 3. The van der Waals surface area contributed by atoms with Crippen LogP contribution in [-0.2, 0) is 11.3 Å². The molecule has 0 aliphatic rings. The second-order valence-electron chi connectivity index (χ2n) is 3.72. The van der Waals surface area contributed by atoms with Crippen LogP contribution in [0.1, 0.15) is 30.8 Å². The smallest absolute Gasteiger partial charge is 0.271 e. The summed E-state index contributed by atoms with van der Waals surface area (Å²) in [6.45, 7) is 5.15. The third kappa shape index (κ3) is 3.47. The molecule has 7 heteroatoms. The van der Waals surface area contributed by atoms with Crippen molar-refractivity contribution in [3.05, 3.63) is 11.9 Å². The summed E-state index contributed by atoms with van der Waals surface area (Å²) in [5.41, 5.74) is 6.35. The monoisotopic (exact) mass is 253 g/mol. The zero-order valence-electron chi connectivity index (χ0n) is 10.7. The van der Waals surface area contributed by atoms with Gasteiger partial charge in [-0.05, 0) is 13.8 Å². The highest BCUT2D eigenvalue weighted by Gasteiger charge is 2.15. The molecule has 1 heterocycles. The minimum Gasteiger partial charge on any atom is -0.396 e. The van der Waals surface area contributed by atoms with E-state index in [-0.39, 0.29) is 24.8 Å². The lowest BCUT2D eigenvalue weighted by atomic mass is 10.3. The fourth-order valence-corrected chi connectivity index (χ4v) is 1.55. The Kier molecular flexibility index (Phi) is 5.16. The molecule has 0 atom stereocenters. The SMILES string of the molecule is CCNC(=O)CCNC(=O)c1c(N)cnn1CC. The Labute approximate surface area is 106 Å². The second kappa shape index (κ2) is 6.63. The van der Waals surface area contributed by atoms with Crippen molar-refractivity contribution in [1.82, 2.24) is 20.4 Å². The van der Waals surface area contributed by atoms with E-state index >= 15 is 0 Å². The van der Waals surface area contributed by atoms with E-state index in [9.17, 15) is 9.59 Å². The van der Waals surface area contributed by atoms with Crippen molar-refractivity contribution in [2.45, 2.75) is 26.8 Å². The van der Waals surface area contributed by atoms with Gasteiger partial charge in [-0.2, -0.15) is 5.10 Å². The van der Waals surface area contributed by atoms with Crippen LogP contribution in [0.2, 0.25) is 0 Å². The summed E-state index contributed by atoms with van der Waals surface area (Å²) in [7, 11) is 0. The molecule has 1 rings (SSSR count). The average Bonchev–Trinajstić information content (AvgIpc) is 2.70. The van der Waals surface area contributed by atoms with Gasteiger partial charge in [-0.15, -0.1) is 0 Å². The quantitative estimate of drug-likeness (QED) is 0.650. The Hall–Kier alpha value is -2.05. The molecule has 0 spiro atoms. The van der Waals surface area contributed by atoms with E-state index in [0.717, 1.165) is 0 Å². The van der Waals surface area contributed by atoms with E-state index in [1.54, 1.807) is 0 Å². The van der Waals surface area contributed by atoms with Crippen LogP contribution < -0.4 is 16.4 Å². The van der Waals surface area contributed by atoms with E-state index in [4.69, 9.17) is 5.73 Å². The minimum atomic E-state index is -0.309. The Bertz CT molecular complexity index is 427. The number of carbonyl (C=O) groups excluding carboxylic acids is 2. The molecule has 4 N–H and O–H groups in total. The molecule has 0 saturated heterocycles. The largest absolute Gasteiger partial charge is 0.396 e. The van der Waals surface area contributed by atoms with Crippen molar-refractivity contribution >= 4 is 17.5 Å². The van der Waals surface area contributed by atoms with Crippen molar-refractivity contribution in [2.24, 2.45) is 0 Å². The molecule has 1 aromatic heterocycles. The first-order valence-corrected chi connectivity index (χ1v) is 5.96. The van der Waals surface area contributed by atoms with Crippen LogP contribution in [0.15, 0.2) is 6.20 Å². The Morgan fingerprint density at radius 2 is 2.11 bits per heavy atom. The molecule has 2 amide bonds. The Morgan fingerprint density at radius 3 is 2.72 bits per heavy atom. The fraction of sp³-hybridized carbons (Fsp3) is 0.545. The van der Waals surface area contributed by atoms with Crippen LogP contribution in [0.3, 0.4) is 0 Å². The van der Waals surface area contributed by atoms with Crippen LogP contribution >= 0.6 is 0 Å². The molecule has 1 aromatic rings. The van der Waals surface area contributed by atoms with Crippen LogP contribution in [-0.4, -0.2) is 34.7 Å². The van der Waals surface area contributed by atoms with Gasteiger partial charge in [0.2, 0.25) is 5.91 Å². The third-order valence-electron chi connectivity index (χ3n) is 2.39. The normalized spacial score (nSPS) is 10.1. The predicted octanol–water partition coefficient (Wildman–Crippen LogP) is -0.259. The van der Waals surface area contributed by atoms with Gasteiger partial charge in [0.05, 0.1) is 11.9 Å². The maximum Gasteiger partial charge on any atom is 0.271 e. The summed E-state index contributed by atoms with van der Waals surface area (Å²) in [5, 5.41) is 9.28. The lowest BCUT2D eigenvalue weighted by Gasteiger charge is -2.07. The van der Waals surface area contributed by atoms with Crippen LogP contribution in [0.5, 0.6) is 0 Å². The summed E-state index contributed by atoms with van der Waals surface area (Å²) in [4.78, 5) is 23.1. The van der Waals surface area contributed by atoms with Gasteiger partial charge >= 0.3 is 0 Å². The summed E-state index contributed by atoms with van der Waals surface area (Å²) in [6, 6.07) is 0. The van der Waals surface area contributed by atoms with E-state index < -0.39 is 0 Å². The number of carbonyl (C=O) groups is 2. The first-order chi connectivity index (χ1) is 8.60. The molecule has 0 bridgehead atoms. The van der Waals surface area contributed by atoms with Gasteiger partial charge in [0.25, 0.3) is 5.91 Å². The zero-order chi connectivity index (χ0) is 13.5. The van der Waals surface area contributed by atoms with E-state index in [1.165, 1.54) is 10.9 Å².